The molecule has 2 unspecified atom stereocenters. The summed E-state index contributed by atoms with van der Waals surface area (Å²) in [4.78, 5) is 4.70. The molecule has 2 rings (SSSR count). The number of aryl methyl sites for hydroxylation is 1. The molecule has 4 heteroatoms. The lowest BCUT2D eigenvalue weighted by molar-refractivity contribution is 0.443. The van der Waals surface area contributed by atoms with Crippen LogP contribution in [0, 0.1) is 6.92 Å². The molecule has 1 N–H and O–H groups in total. The van der Waals surface area contributed by atoms with Crippen molar-refractivity contribution in [2.24, 2.45) is 4.99 Å². The number of rotatable bonds is 3. The summed E-state index contributed by atoms with van der Waals surface area (Å²) >= 11 is 1.81. The van der Waals surface area contributed by atoms with Gasteiger partial charge in [-0.15, -0.1) is 0 Å². The largest absolute Gasteiger partial charge is 0.464 e. The number of hydrogen-bond donors (Lipinski definition) is 1. The van der Waals surface area contributed by atoms with Gasteiger partial charge in [0.1, 0.15) is 11.5 Å². The van der Waals surface area contributed by atoms with E-state index < -0.39 is 0 Å². The highest BCUT2D eigenvalue weighted by molar-refractivity contribution is 8.13. The van der Waals surface area contributed by atoms with E-state index >= 15 is 0 Å². The minimum absolute atomic E-state index is 0.186. The summed E-state index contributed by atoms with van der Waals surface area (Å²) in [7, 11) is 0. The van der Waals surface area contributed by atoms with Gasteiger partial charge in [0.2, 0.25) is 0 Å². The normalized spacial score (nSPS) is 22.1. The van der Waals surface area contributed by atoms with Gasteiger partial charge in [-0.25, -0.2) is 0 Å². The van der Waals surface area contributed by atoms with E-state index in [0.717, 1.165) is 28.9 Å². The Morgan fingerprint density at radius 2 is 2.41 bits per heavy atom. The first-order chi connectivity index (χ1) is 8.19. The van der Waals surface area contributed by atoms with Gasteiger partial charge in [-0.05, 0) is 38.8 Å². The molecule has 17 heavy (non-hydrogen) atoms. The topological polar surface area (TPSA) is 37.5 Å². The smallest absolute Gasteiger partial charge is 0.157 e. The van der Waals surface area contributed by atoms with Crippen LogP contribution in [0.3, 0.4) is 0 Å². The third-order valence-corrected chi connectivity index (χ3v) is 3.93. The lowest BCUT2D eigenvalue weighted by Gasteiger charge is -2.21. The predicted molar refractivity (Wildman–Crippen MR) is 73.6 cm³/mol. The van der Waals surface area contributed by atoms with Gasteiger partial charge in [0.25, 0.3) is 0 Å². The molecule has 0 aliphatic carbocycles. The second-order valence-electron chi connectivity index (χ2n) is 4.45. The van der Waals surface area contributed by atoms with Gasteiger partial charge in [0.05, 0.1) is 12.1 Å². The molecule has 0 spiro atoms. The highest BCUT2D eigenvalue weighted by Crippen LogP contribution is 2.22. The zero-order valence-electron chi connectivity index (χ0n) is 10.7. The van der Waals surface area contributed by atoms with Crippen molar-refractivity contribution in [3.8, 4) is 0 Å². The standard InChI is InChI=1S/C13H20N2OS/c1-4-11-7-8-17-13(15-11)14-10(3)12-6-5-9(2)16-12/h5-6,10-11H,4,7-8H2,1-3H3,(H,14,15). The van der Waals surface area contributed by atoms with Gasteiger partial charge >= 0.3 is 0 Å². The third-order valence-electron chi connectivity index (χ3n) is 2.99. The van der Waals surface area contributed by atoms with E-state index in [9.17, 15) is 0 Å². The van der Waals surface area contributed by atoms with Gasteiger partial charge < -0.3 is 9.73 Å². The fourth-order valence-electron chi connectivity index (χ4n) is 1.88. The van der Waals surface area contributed by atoms with E-state index in [-0.39, 0.29) is 6.04 Å². The van der Waals surface area contributed by atoms with E-state index in [1.165, 1.54) is 6.42 Å². The van der Waals surface area contributed by atoms with E-state index in [1.54, 1.807) is 0 Å². The first-order valence-electron chi connectivity index (χ1n) is 6.22. The molecule has 2 atom stereocenters. The van der Waals surface area contributed by atoms with Crippen LogP contribution in [0.2, 0.25) is 0 Å². The summed E-state index contributed by atoms with van der Waals surface area (Å²) in [6, 6.07) is 4.70. The highest BCUT2D eigenvalue weighted by Gasteiger charge is 2.17. The quantitative estimate of drug-likeness (QED) is 0.894. The fourth-order valence-corrected chi connectivity index (χ4v) is 2.94. The Morgan fingerprint density at radius 3 is 3.06 bits per heavy atom. The van der Waals surface area contributed by atoms with Gasteiger partial charge in [0.15, 0.2) is 5.17 Å². The third kappa shape index (κ3) is 3.28. The summed E-state index contributed by atoms with van der Waals surface area (Å²) in [5.41, 5.74) is 0. The van der Waals surface area contributed by atoms with Crippen LogP contribution >= 0.6 is 11.8 Å². The molecule has 1 aliphatic rings. The van der Waals surface area contributed by atoms with Crippen LogP contribution in [0.5, 0.6) is 0 Å². The number of amidine groups is 1. The molecule has 1 aromatic rings. The molecule has 94 valence electrons. The van der Waals surface area contributed by atoms with Crippen molar-refractivity contribution in [1.29, 1.82) is 0 Å². The highest BCUT2D eigenvalue weighted by atomic mass is 32.2. The monoisotopic (exact) mass is 252 g/mol. The van der Waals surface area contributed by atoms with Gasteiger partial charge in [0, 0.05) is 5.75 Å². The Hall–Kier alpha value is -0.900. The van der Waals surface area contributed by atoms with E-state index in [2.05, 4.69) is 19.2 Å². The van der Waals surface area contributed by atoms with Crippen molar-refractivity contribution in [2.75, 3.05) is 5.75 Å². The molecule has 0 amide bonds. The maximum Gasteiger partial charge on any atom is 0.157 e. The Morgan fingerprint density at radius 1 is 1.59 bits per heavy atom. The summed E-state index contributed by atoms with van der Waals surface area (Å²) in [5, 5.41) is 4.49. The van der Waals surface area contributed by atoms with E-state index in [0.29, 0.717) is 6.04 Å². The van der Waals surface area contributed by atoms with E-state index in [1.807, 2.05) is 30.8 Å². The number of thioether (sulfide) groups is 1. The summed E-state index contributed by atoms with van der Waals surface area (Å²) in [5.74, 6) is 3.09. The Bertz CT molecular complexity index is 400. The second-order valence-corrected chi connectivity index (χ2v) is 5.53. The van der Waals surface area contributed by atoms with Crippen LogP contribution in [0.1, 0.15) is 44.3 Å². The average molecular weight is 252 g/mol. The second kappa shape index (κ2) is 5.63. The average Bonchev–Trinajstić information content (AvgIpc) is 2.76. The molecule has 0 saturated carbocycles. The zero-order valence-corrected chi connectivity index (χ0v) is 11.5. The summed E-state index contributed by atoms with van der Waals surface area (Å²) < 4.78 is 5.61. The van der Waals surface area contributed by atoms with Gasteiger partial charge in [-0.3, -0.25) is 4.99 Å². The van der Waals surface area contributed by atoms with E-state index in [4.69, 9.17) is 9.41 Å². The van der Waals surface area contributed by atoms with Crippen molar-refractivity contribution in [2.45, 2.75) is 45.7 Å². The maximum atomic E-state index is 5.61. The number of nitrogens with zero attached hydrogens (tertiary/aromatic N) is 1. The van der Waals surface area contributed by atoms with Crippen LogP contribution in [0.4, 0.5) is 0 Å². The first kappa shape index (κ1) is 12.6. The summed E-state index contributed by atoms with van der Waals surface area (Å²) in [6.07, 6.45) is 2.32. The molecule has 0 aromatic carbocycles. The molecule has 0 fully saturated rings. The van der Waals surface area contributed by atoms with Crippen LogP contribution in [0.15, 0.2) is 21.5 Å². The maximum absolute atomic E-state index is 5.61. The minimum atomic E-state index is 0.186. The minimum Gasteiger partial charge on any atom is -0.464 e. The number of furan rings is 1. The van der Waals surface area contributed by atoms with Crippen molar-refractivity contribution in [1.82, 2.24) is 5.32 Å². The van der Waals surface area contributed by atoms with Crippen molar-refractivity contribution in [3.05, 3.63) is 23.7 Å². The van der Waals surface area contributed by atoms with Crippen molar-refractivity contribution in [3.63, 3.8) is 0 Å². The van der Waals surface area contributed by atoms with Gasteiger partial charge in [-0.1, -0.05) is 18.7 Å². The molecule has 0 bridgehead atoms. The number of nitrogens with one attached hydrogen (secondary N) is 1. The number of aliphatic imine (C=N–C) groups is 1. The Labute approximate surface area is 107 Å². The molecular weight excluding hydrogens is 232 g/mol. The van der Waals surface area contributed by atoms with Gasteiger partial charge in [-0.2, -0.15) is 0 Å². The predicted octanol–water partition coefficient (Wildman–Crippen LogP) is 3.51. The van der Waals surface area contributed by atoms with Crippen molar-refractivity contribution < 1.29 is 4.42 Å². The lowest BCUT2D eigenvalue weighted by atomic mass is 10.2. The summed E-state index contributed by atoms with van der Waals surface area (Å²) in [6.45, 7) is 6.27. The van der Waals surface area contributed by atoms with Crippen LogP contribution in [-0.2, 0) is 0 Å². The van der Waals surface area contributed by atoms with Crippen LogP contribution in [-0.4, -0.2) is 17.0 Å². The van der Waals surface area contributed by atoms with Crippen LogP contribution < -0.4 is 5.32 Å². The lowest BCUT2D eigenvalue weighted by Crippen LogP contribution is -2.28. The first-order valence-corrected chi connectivity index (χ1v) is 7.21. The molecule has 1 aliphatic heterocycles. The molecule has 0 radical (unpaired) electrons. The molecule has 3 nitrogen and oxygen atoms in total. The van der Waals surface area contributed by atoms with Crippen molar-refractivity contribution >= 4 is 16.9 Å². The molecule has 2 heterocycles. The SMILES string of the molecule is CCC1CCSC(NC(C)c2ccc(C)o2)=N1. The fraction of sp³-hybridized carbons (Fsp3) is 0.615. The molecule has 1 aromatic heterocycles. The number of hydrogen-bond acceptors (Lipinski definition) is 4. The molecule has 0 saturated heterocycles. The van der Waals surface area contributed by atoms with Crippen LogP contribution in [0.25, 0.3) is 0 Å². The Kier molecular flexibility index (Phi) is 4.15. The molecular formula is C13H20N2OS. The zero-order chi connectivity index (χ0) is 12.3. The Balaban J connectivity index is 1.98.